The van der Waals surface area contributed by atoms with E-state index in [-0.39, 0.29) is 17.9 Å². The first-order chi connectivity index (χ1) is 11.9. The van der Waals surface area contributed by atoms with Gasteiger partial charge in [-0.25, -0.2) is 13.2 Å². The molecule has 0 aliphatic carbocycles. The number of nitrogens with zero attached hydrogens (tertiary/aromatic N) is 1. The van der Waals surface area contributed by atoms with Gasteiger partial charge in [-0.3, -0.25) is 4.72 Å². The molecule has 140 valence electrons. The summed E-state index contributed by atoms with van der Waals surface area (Å²) in [6.07, 6.45) is 2.04. The lowest BCUT2D eigenvalue weighted by molar-refractivity contribution is 0.0983. The van der Waals surface area contributed by atoms with E-state index in [0.717, 1.165) is 18.5 Å². The summed E-state index contributed by atoms with van der Waals surface area (Å²) in [6.45, 7) is 5.37. The number of ether oxygens (including phenoxy) is 1. The molecule has 0 unspecified atom stereocenters. The van der Waals surface area contributed by atoms with Gasteiger partial charge in [-0.05, 0) is 50.5 Å². The van der Waals surface area contributed by atoms with Crippen LogP contribution in [0.4, 0.5) is 16.2 Å². The molecule has 1 aliphatic heterocycles. The van der Waals surface area contributed by atoms with E-state index >= 15 is 0 Å². The van der Waals surface area contributed by atoms with Gasteiger partial charge in [0.2, 0.25) is 10.0 Å². The molecule has 1 amide bonds. The molecular weight excluding hydrogens is 342 g/mol. The quantitative estimate of drug-likeness (QED) is 0.772. The maximum atomic E-state index is 11.8. The van der Waals surface area contributed by atoms with Gasteiger partial charge in [0.25, 0.3) is 0 Å². The molecule has 0 bridgehead atoms. The second-order valence-electron chi connectivity index (χ2n) is 6.10. The first kappa shape index (κ1) is 19.4. The molecule has 7 nitrogen and oxygen atoms in total. The molecule has 1 saturated heterocycles. The molecule has 0 atom stereocenters. The Morgan fingerprint density at radius 3 is 2.32 bits per heavy atom. The highest BCUT2D eigenvalue weighted by Gasteiger charge is 2.23. The number of carbonyl (C=O) groups is 1. The Hall–Kier alpha value is -1.96. The van der Waals surface area contributed by atoms with Crippen molar-refractivity contribution in [3.05, 3.63) is 24.3 Å². The van der Waals surface area contributed by atoms with E-state index in [1.54, 1.807) is 24.0 Å². The number of carbonyl (C=O) groups excluding carboxylic acids is 1. The SMILES string of the molecule is CCCS(=O)(=O)Nc1ccc(NC2CCN(C(=O)OCC)CC2)cc1. The summed E-state index contributed by atoms with van der Waals surface area (Å²) in [6, 6.07) is 7.52. The third-order valence-corrected chi connectivity index (χ3v) is 5.52. The largest absolute Gasteiger partial charge is 0.450 e. The van der Waals surface area contributed by atoms with Crippen LogP contribution in [0.25, 0.3) is 0 Å². The van der Waals surface area contributed by atoms with Crippen molar-refractivity contribution in [2.24, 2.45) is 0 Å². The molecule has 1 heterocycles. The number of rotatable bonds is 7. The van der Waals surface area contributed by atoms with Crippen molar-refractivity contribution in [2.45, 2.75) is 39.2 Å². The molecule has 8 heteroatoms. The van der Waals surface area contributed by atoms with E-state index in [9.17, 15) is 13.2 Å². The monoisotopic (exact) mass is 369 g/mol. The fourth-order valence-corrected chi connectivity index (χ4v) is 3.93. The number of hydrogen-bond acceptors (Lipinski definition) is 5. The first-order valence-electron chi connectivity index (χ1n) is 8.72. The lowest BCUT2D eigenvalue weighted by atomic mass is 10.1. The van der Waals surface area contributed by atoms with Gasteiger partial charge in [-0.2, -0.15) is 0 Å². The summed E-state index contributed by atoms with van der Waals surface area (Å²) in [5.41, 5.74) is 1.50. The van der Waals surface area contributed by atoms with Crippen molar-refractivity contribution < 1.29 is 17.9 Å². The Kier molecular flexibility index (Phi) is 6.92. The molecule has 0 saturated carbocycles. The van der Waals surface area contributed by atoms with Crippen LogP contribution in [0, 0.1) is 0 Å². The van der Waals surface area contributed by atoms with E-state index < -0.39 is 10.0 Å². The Labute approximate surface area is 149 Å². The van der Waals surface area contributed by atoms with E-state index in [4.69, 9.17) is 4.74 Å². The molecule has 2 N–H and O–H groups in total. The van der Waals surface area contributed by atoms with Crippen LogP contribution in [0.1, 0.15) is 33.1 Å². The number of anilines is 2. The van der Waals surface area contributed by atoms with E-state index in [1.165, 1.54) is 0 Å². The number of amides is 1. The van der Waals surface area contributed by atoms with Gasteiger partial charge >= 0.3 is 6.09 Å². The second kappa shape index (κ2) is 8.94. The average molecular weight is 369 g/mol. The standard InChI is InChI=1S/C17H27N3O4S/c1-3-13-25(22,23)19-16-7-5-14(6-8-16)18-15-9-11-20(12-10-15)17(21)24-4-2/h5-8,15,18-19H,3-4,9-13H2,1-2H3. The van der Waals surface area contributed by atoms with Crippen LogP contribution in [-0.4, -0.2) is 50.9 Å². The van der Waals surface area contributed by atoms with Gasteiger partial charge in [0.15, 0.2) is 0 Å². The maximum Gasteiger partial charge on any atom is 0.409 e. The molecule has 25 heavy (non-hydrogen) atoms. The third-order valence-electron chi connectivity index (χ3n) is 4.02. The first-order valence-corrected chi connectivity index (χ1v) is 10.4. The van der Waals surface area contributed by atoms with Crippen LogP contribution in [0.5, 0.6) is 0 Å². The molecule has 1 fully saturated rings. The molecule has 1 aliphatic rings. The van der Waals surface area contributed by atoms with Crippen molar-refractivity contribution in [3.8, 4) is 0 Å². The molecule has 1 aromatic rings. The number of nitrogens with one attached hydrogen (secondary N) is 2. The Bertz CT molecular complexity index is 653. The van der Waals surface area contributed by atoms with Crippen molar-refractivity contribution >= 4 is 27.5 Å². The highest BCUT2D eigenvalue weighted by Crippen LogP contribution is 2.20. The summed E-state index contributed by atoms with van der Waals surface area (Å²) in [7, 11) is -3.26. The topological polar surface area (TPSA) is 87.7 Å². The number of benzene rings is 1. The van der Waals surface area contributed by atoms with Crippen molar-refractivity contribution in [1.82, 2.24) is 4.90 Å². The van der Waals surface area contributed by atoms with Gasteiger partial charge in [0, 0.05) is 30.5 Å². The Balaban J connectivity index is 1.83. The fourth-order valence-electron chi connectivity index (χ4n) is 2.79. The van der Waals surface area contributed by atoms with Crippen molar-refractivity contribution in [2.75, 3.05) is 35.5 Å². The Morgan fingerprint density at radius 2 is 1.76 bits per heavy atom. The minimum absolute atomic E-state index is 0.117. The summed E-state index contributed by atoms with van der Waals surface area (Å²) in [5, 5.41) is 3.43. The van der Waals surface area contributed by atoms with Crippen LogP contribution < -0.4 is 10.0 Å². The van der Waals surface area contributed by atoms with Gasteiger partial charge in [0.05, 0.1) is 12.4 Å². The zero-order valence-corrected chi connectivity index (χ0v) is 15.6. The normalized spacial score (nSPS) is 15.7. The third kappa shape index (κ3) is 6.12. The van der Waals surface area contributed by atoms with Crippen molar-refractivity contribution in [1.29, 1.82) is 0 Å². The lowest BCUT2D eigenvalue weighted by Crippen LogP contribution is -2.42. The van der Waals surface area contributed by atoms with Crippen LogP contribution in [0.3, 0.4) is 0 Å². The van der Waals surface area contributed by atoms with Crippen molar-refractivity contribution in [3.63, 3.8) is 0 Å². The van der Waals surface area contributed by atoms with E-state index in [0.29, 0.717) is 31.8 Å². The molecule has 0 spiro atoms. The zero-order chi connectivity index (χ0) is 18.3. The average Bonchev–Trinajstić information content (AvgIpc) is 2.57. The van der Waals surface area contributed by atoms with E-state index in [2.05, 4.69) is 10.0 Å². The van der Waals surface area contributed by atoms with Gasteiger partial charge in [-0.1, -0.05) is 6.92 Å². The molecule has 0 aromatic heterocycles. The Morgan fingerprint density at radius 1 is 1.16 bits per heavy atom. The smallest absolute Gasteiger partial charge is 0.409 e. The van der Waals surface area contributed by atoms with Crippen LogP contribution in [0.15, 0.2) is 24.3 Å². The molecular formula is C17H27N3O4S. The van der Waals surface area contributed by atoms with Crippen LogP contribution in [-0.2, 0) is 14.8 Å². The van der Waals surface area contributed by atoms with Gasteiger partial charge in [-0.15, -0.1) is 0 Å². The fraction of sp³-hybridized carbons (Fsp3) is 0.588. The highest BCUT2D eigenvalue weighted by molar-refractivity contribution is 7.92. The number of piperidine rings is 1. The zero-order valence-electron chi connectivity index (χ0n) is 14.8. The van der Waals surface area contributed by atoms with Crippen LogP contribution >= 0.6 is 0 Å². The van der Waals surface area contributed by atoms with E-state index in [1.807, 2.05) is 19.1 Å². The molecule has 1 aromatic carbocycles. The summed E-state index contributed by atoms with van der Waals surface area (Å²) in [5.74, 6) is 0.117. The van der Waals surface area contributed by atoms with Crippen LogP contribution in [0.2, 0.25) is 0 Å². The number of likely N-dealkylation sites (tertiary alicyclic amines) is 1. The molecule has 0 radical (unpaired) electrons. The summed E-state index contributed by atoms with van der Waals surface area (Å²) < 4.78 is 31.1. The summed E-state index contributed by atoms with van der Waals surface area (Å²) >= 11 is 0. The predicted molar refractivity (Wildman–Crippen MR) is 99.4 cm³/mol. The van der Waals surface area contributed by atoms with Gasteiger partial charge in [0.1, 0.15) is 0 Å². The minimum Gasteiger partial charge on any atom is -0.450 e. The van der Waals surface area contributed by atoms with Gasteiger partial charge < -0.3 is 15.0 Å². The number of hydrogen-bond donors (Lipinski definition) is 2. The second-order valence-corrected chi connectivity index (χ2v) is 7.94. The predicted octanol–water partition coefficient (Wildman–Crippen LogP) is 2.87. The minimum atomic E-state index is -3.26. The molecule has 2 rings (SSSR count). The highest BCUT2D eigenvalue weighted by atomic mass is 32.2. The lowest BCUT2D eigenvalue weighted by Gasteiger charge is -2.32. The maximum absolute atomic E-state index is 11.8. The number of sulfonamides is 1. The summed E-state index contributed by atoms with van der Waals surface area (Å²) in [4.78, 5) is 13.4.